The summed E-state index contributed by atoms with van der Waals surface area (Å²) in [6.45, 7) is 3.53. The zero-order valence-electron chi connectivity index (χ0n) is 8.78. The van der Waals surface area contributed by atoms with Crippen LogP contribution in [0.4, 0.5) is 0 Å². The maximum atomic E-state index is 11.0. The Balaban J connectivity index is 3.04. The van der Waals surface area contributed by atoms with Crippen LogP contribution in [0.1, 0.15) is 19.6 Å². The molecule has 0 bridgehead atoms. The highest BCUT2D eigenvalue weighted by atomic mass is 79.9. The van der Waals surface area contributed by atoms with Crippen LogP contribution in [0.5, 0.6) is 0 Å². The van der Waals surface area contributed by atoms with Gasteiger partial charge in [0.25, 0.3) is 0 Å². The van der Waals surface area contributed by atoms with Crippen LogP contribution < -0.4 is 0 Å². The fourth-order valence-electron chi connectivity index (χ4n) is 1.49. The van der Waals surface area contributed by atoms with E-state index in [1.54, 1.807) is 26.0 Å². The van der Waals surface area contributed by atoms with Crippen molar-refractivity contribution in [3.05, 3.63) is 22.6 Å². The molecule has 0 fully saturated rings. The molecule has 0 saturated carbocycles. The van der Waals surface area contributed by atoms with Gasteiger partial charge >= 0.3 is 5.97 Å². The van der Waals surface area contributed by atoms with Gasteiger partial charge in [-0.3, -0.25) is 0 Å². The van der Waals surface area contributed by atoms with Crippen molar-refractivity contribution in [3.8, 4) is 0 Å². The van der Waals surface area contributed by atoms with Crippen LogP contribution in [0, 0.1) is 0 Å². The van der Waals surface area contributed by atoms with Crippen molar-refractivity contribution < 1.29 is 19.1 Å². The van der Waals surface area contributed by atoms with Crippen LogP contribution in [-0.4, -0.2) is 24.3 Å². The van der Waals surface area contributed by atoms with Crippen molar-refractivity contribution in [3.63, 3.8) is 0 Å². The number of hydrogen-bond acceptors (Lipinski definition) is 3. The van der Waals surface area contributed by atoms with Crippen molar-refractivity contribution in [2.75, 3.05) is 7.11 Å². The van der Waals surface area contributed by atoms with Gasteiger partial charge in [0.2, 0.25) is 0 Å². The van der Waals surface area contributed by atoms with Crippen molar-refractivity contribution in [2.45, 2.75) is 25.4 Å². The SMILES string of the molecule is COC(C(=O)O)C(C)(C)c1ccc(Br)o1. The number of methoxy groups -OCH3 is 1. The monoisotopic (exact) mass is 276 g/mol. The number of halogens is 1. The van der Waals surface area contributed by atoms with Gasteiger partial charge in [0, 0.05) is 7.11 Å². The maximum Gasteiger partial charge on any atom is 0.333 e. The van der Waals surface area contributed by atoms with Crippen LogP contribution >= 0.6 is 15.9 Å². The summed E-state index contributed by atoms with van der Waals surface area (Å²) in [7, 11) is 1.37. The van der Waals surface area contributed by atoms with Crippen molar-refractivity contribution in [2.24, 2.45) is 0 Å². The molecule has 0 radical (unpaired) electrons. The third-order valence-corrected chi connectivity index (χ3v) is 2.75. The highest BCUT2D eigenvalue weighted by molar-refractivity contribution is 9.10. The molecular weight excluding hydrogens is 264 g/mol. The second-order valence-electron chi connectivity index (χ2n) is 3.78. The fourth-order valence-corrected chi connectivity index (χ4v) is 1.80. The van der Waals surface area contributed by atoms with Gasteiger partial charge in [-0.1, -0.05) is 0 Å². The van der Waals surface area contributed by atoms with Crippen molar-refractivity contribution in [1.82, 2.24) is 0 Å². The molecule has 1 heterocycles. The van der Waals surface area contributed by atoms with Crippen LogP contribution in [-0.2, 0) is 14.9 Å². The Morgan fingerprint density at radius 2 is 2.20 bits per heavy atom. The molecule has 1 rings (SSSR count). The average Bonchev–Trinajstić information content (AvgIpc) is 2.52. The molecule has 5 heteroatoms. The van der Waals surface area contributed by atoms with E-state index in [1.165, 1.54) is 7.11 Å². The Kier molecular flexibility index (Phi) is 3.57. The molecule has 84 valence electrons. The minimum atomic E-state index is -1.00. The number of carbonyl (C=O) groups is 1. The van der Waals surface area contributed by atoms with E-state index in [0.29, 0.717) is 10.4 Å². The lowest BCUT2D eigenvalue weighted by Crippen LogP contribution is -2.41. The average molecular weight is 277 g/mol. The van der Waals surface area contributed by atoms with Crippen molar-refractivity contribution in [1.29, 1.82) is 0 Å². The Labute approximate surface area is 96.4 Å². The Bertz CT molecular complexity index is 356. The van der Waals surface area contributed by atoms with Gasteiger partial charge in [-0.25, -0.2) is 4.79 Å². The fraction of sp³-hybridized carbons (Fsp3) is 0.500. The van der Waals surface area contributed by atoms with Crippen molar-refractivity contribution >= 4 is 21.9 Å². The largest absolute Gasteiger partial charge is 0.479 e. The van der Waals surface area contributed by atoms with E-state index in [1.807, 2.05) is 0 Å². The Morgan fingerprint density at radius 1 is 1.60 bits per heavy atom. The summed E-state index contributed by atoms with van der Waals surface area (Å²) in [5.41, 5.74) is -0.716. The van der Waals surface area contributed by atoms with Crippen LogP contribution in [0.2, 0.25) is 0 Å². The molecule has 0 amide bonds. The predicted octanol–water partition coefficient (Wildman–Crippen LogP) is 2.42. The van der Waals surface area contributed by atoms with Gasteiger partial charge in [-0.2, -0.15) is 0 Å². The second kappa shape index (κ2) is 4.37. The summed E-state index contributed by atoms with van der Waals surface area (Å²) in [5.74, 6) is -0.432. The lowest BCUT2D eigenvalue weighted by atomic mass is 9.84. The molecule has 0 aromatic carbocycles. The first-order valence-electron chi connectivity index (χ1n) is 4.41. The number of furan rings is 1. The van der Waals surface area contributed by atoms with Gasteiger partial charge in [0.15, 0.2) is 10.8 Å². The van der Waals surface area contributed by atoms with Crippen LogP contribution in [0.25, 0.3) is 0 Å². The normalized spacial score (nSPS) is 13.9. The van der Waals surface area contributed by atoms with Crippen LogP contribution in [0.3, 0.4) is 0 Å². The molecule has 15 heavy (non-hydrogen) atoms. The Morgan fingerprint density at radius 3 is 2.53 bits per heavy atom. The summed E-state index contributed by atoms with van der Waals surface area (Å²) in [6, 6.07) is 3.46. The standard InChI is InChI=1S/C10H13BrO4/c1-10(2,8(14-3)9(12)13)6-4-5-7(11)15-6/h4-5,8H,1-3H3,(H,12,13). The summed E-state index contributed by atoms with van der Waals surface area (Å²) < 4.78 is 10.9. The quantitative estimate of drug-likeness (QED) is 0.918. The van der Waals surface area contributed by atoms with E-state index >= 15 is 0 Å². The van der Waals surface area contributed by atoms with E-state index < -0.39 is 17.5 Å². The van der Waals surface area contributed by atoms with Gasteiger partial charge in [0.05, 0.1) is 5.41 Å². The Hall–Kier alpha value is -0.810. The van der Waals surface area contributed by atoms with E-state index in [-0.39, 0.29) is 0 Å². The van der Waals surface area contributed by atoms with Gasteiger partial charge in [0.1, 0.15) is 5.76 Å². The second-order valence-corrected chi connectivity index (χ2v) is 4.56. The first kappa shape index (κ1) is 12.3. The molecule has 1 aromatic heterocycles. The topological polar surface area (TPSA) is 59.7 Å². The molecule has 1 N–H and O–H groups in total. The number of hydrogen-bond donors (Lipinski definition) is 1. The molecule has 0 aliphatic rings. The predicted molar refractivity (Wildman–Crippen MR) is 57.9 cm³/mol. The zero-order chi connectivity index (χ0) is 11.6. The number of carboxylic acid groups (broad SMARTS) is 1. The van der Waals surface area contributed by atoms with E-state index in [4.69, 9.17) is 14.3 Å². The number of ether oxygens (including phenoxy) is 1. The van der Waals surface area contributed by atoms with Crippen LogP contribution in [0.15, 0.2) is 21.2 Å². The van der Waals surface area contributed by atoms with E-state index in [9.17, 15) is 4.79 Å². The molecule has 4 nitrogen and oxygen atoms in total. The number of rotatable bonds is 4. The zero-order valence-corrected chi connectivity index (χ0v) is 10.4. The lowest BCUT2D eigenvalue weighted by Gasteiger charge is -2.27. The molecule has 0 aliphatic carbocycles. The van der Waals surface area contributed by atoms with E-state index in [2.05, 4.69) is 15.9 Å². The van der Waals surface area contributed by atoms with Gasteiger partial charge < -0.3 is 14.3 Å². The summed E-state index contributed by atoms with van der Waals surface area (Å²) in [6.07, 6.45) is -0.935. The minimum Gasteiger partial charge on any atom is -0.479 e. The number of carboxylic acids is 1. The lowest BCUT2D eigenvalue weighted by molar-refractivity contribution is -0.153. The van der Waals surface area contributed by atoms with Gasteiger partial charge in [-0.15, -0.1) is 0 Å². The minimum absolute atomic E-state index is 0.573. The highest BCUT2D eigenvalue weighted by Crippen LogP contribution is 2.31. The molecule has 0 aliphatic heterocycles. The molecule has 0 spiro atoms. The molecule has 0 saturated heterocycles. The first-order chi connectivity index (χ1) is 6.89. The smallest absolute Gasteiger partial charge is 0.333 e. The maximum absolute atomic E-state index is 11.0. The third-order valence-electron chi connectivity index (χ3n) is 2.32. The summed E-state index contributed by atoms with van der Waals surface area (Å²) in [4.78, 5) is 11.0. The van der Waals surface area contributed by atoms with E-state index in [0.717, 1.165) is 0 Å². The first-order valence-corrected chi connectivity index (χ1v) is 5.20. The highest BCUT2D eigenvalue weighted by Gasteiger charge is 2.39. The third kappa shape index (κ3) is 2.41. The molecule has 1 aromatic rings. The number of aliphatic carboxylic acids is 1. The summed E-state index contributed by atoms with van der Waals surface area (Å²) in [5, 5.41) is 9.00. The molecule has 1 unspecified atom stereocenters. The molecular formula is C10H13BrO4. The molecule has 1 atom stereocenters. The van der Waals surface area contributed by atoms with Gasteiger partial charge in [-0.05, 0) is 41.9 Å². The summed E-state index contributed by atoms with van der Waals surface area (Å²) >= 11 is 3.18.